The fourth-order valence-electron chi connectivity index (χ4n) is 3.24. The number of rotatable bonds is 6. The summed E-state index contributed by atoms with van der Waals surface area (Å²) in [5, 5.41) is 1.64. The second kappa shape index (κ2) is 8.92. The molecule has 152 valence electrons. The number of thiophene rings is 1. The molecule has 0 saturated carbocycles. The summed E-state index contributed by atoms with van der Waals surface area (Å²) >= 11 is 7.95. The minimum atomic E-state index is -3.45. The molecule has 0 bridgehead atoms. The predicted molar refractivity (Wildman–Crippen MR) is 116 cm³/mol. The third-order valence-corrected chi connectivity index (χ3v) is 8.69. The van der Waals surface area contributed by atoms with Gasteiger partial charge in [-0.1, -0.05) is 43.6 Å². The van der Waals surface area contributed by atoms with Crippen LogP contribution in [0.4, 0.5) is 0 Å². The molecule has 2 heterocycles. The van der Waals surface area contributed by atoms with E-state index in [1.165, 1.54) is 14.7 Å². The second-order valence-electron chi connectivity index (χ2n) is 6.43. The van der Waals surface area contributed by atoms with Crippen LogP contribution in [0.25, 0.3) is 16.2 Å². The predicted octanol–water partition coefficient (Wildman–Crippen LogP) is 3.30. The van der Waals surface area contributed by atoms with E-state index in [4.69, 9.17) is 11.6 Å². The first-order chi connectivity index (χ1) is 13.4. The summed E-state index contributed by atoms with van der Waals surface area (Å²) in [5.41, 5.74) is 0. The molecule has 0 spiro atoms. The zero-order chi connectivity index (χ0) is 20.3. The summed E-state index contributed by atoms with van der Waals surface area (Å²) in [6.45, 7) is 5.90. The average molecular weight is 442 g/mol. The van der Waals surface area contributed by atoms with Crippen LogP contribution in [-0.2, 0) is 15.0 Å². The normalized spacial score (nSPS) is 16.5. The van der Waals surface area contributed by atoms with Gasteiger partial charge in [0.15, 0.2) is 0 Å². The van der Waals surface area contributed by atoms with Crippen molar-refractivity contribution in [3.63, 3.8) is 0 Å². The Labute approximate surface area is 175 Å². The van der Waals surface area contributed by atoms with Crippen molar-refractivity contribution < 1.29 is 13.2 Å². The number of carbonyl (C=O) groups is 1. The number of halogens is 1. The third kappa shape index (κ3) is 4.26. The van der Waals surface area contributed by atoms with Crippen LogP contribution in [0, 0.1) is 0 Å². The highest BCUT2D eigenvalue weighted by Gasteiger charge is 2.31. The summed E-state index contributed by atoms with van der Waals surface area (Å²) in [5.74, 6) is -0.131. The first kappa shape index (κ1) is 21.3. The maximum atomic E-state index is 12.6. The smallest absolute Gasteiger partial charge is 0.282 e. The SMILES string of the molecule is CCN(CC)S(=O)(=O)N1CCN(C(=O)C=Cc2sc3ccccc3c2Cl)CC1. The topological polar surface area (TPSA) is 60.9 Å². The van der Waals surface area contributed by atoms with Crippen LogP contribution in [0.1, 0.15) is 18.7 Å². The van der Waals surface area contributed by atoms with Crippen molar-refractivity contribution in [2.45, 2.75) is 13.8 Å². The molecule has 28 heavy (non-hydrogen) atoms. The van der Waals surface area contributed by atoms with Crippen molar-refractivity contribution in [3.05, 3.63) is 40.2 Å². The molecule has 0 unspecified atom stereocenters. The molecule has 2 aromatic rings. The van der Waals surface area contributed by atoms with E-state index in [1.54, 1.807) is 22.3 Å². The highest BCUT2D eigenvalue weighted by atomic mass is 35.5. The summed E-state index contributed by atoms with van der Waals surface area (Å²) in [6.07, 6.45) is 3.26. The van der Waals surface area contributed by atoms with Crippen LogP contribution in [0.15, 0.2) is 30.3 Å². The van der Waals surface area contributed by atoms with Gasteiger partial charge in [0.05, 0.1) is 5.02 Å². The number of amides is 1. The van der Waals surface area contributed by atoms with E-state index in [-0.39, 0.29) is 5.91 Å². The average Bonchev–Trinajstić information content (AvgIpc) is 3.03. The van der Waals surface area contributed by atoms with Crippen LogP contribution in [0.5, 0.6) is 0 Å². The van der Waals surface area contributed by atoms with Crippen LogP contribution >= 0.6 is 22.9 Å². The van der Waals surface area contributed by atoms with Crippen molar-refractivity contribution in [3.8, 4) is 0 Å². The van der Waals surface area contributed by atoms with Gasteiger partial charge in [-0.15, -0.1) is 11.3 Å². The number of hydrogen-bond acceptors (Lipinski definition) is 4. The van der Waals surface area contributed by atoms with Gasteiger partial charge in [-0.3, -0.25) is 4.79 Å². The molecule has 1 aromatic heterocycles. The molecule has 1 aliphatic rings. The number of hydrogen-bond donors (Lipinski definition) is 0. The second-order valence-corrected chi connectivity index (χ2v) is 9.82. The molecule has 0 aliphatic carbocycles. The van der Waals surface area contributed by atoms with E-state index in [0.29, 0.717) is 44.3 Å². The molecule has 0 N–H and O–H groups in total. The van der Waals surface area contributed by atoms with Crippen molar-refractivity contribution in [2.24, 2.45) is 0 Å². The van der Waals surface area contributed by atoms with Gasteiger partial charge in [-0.05, 0) is 12.1 Å². The van der Waals surface area contributed by atoms with Gasteiger partial charge in [0.2, 0.25) is 5.91 Å². The van der Waals surface area contributed by atoms with Gasteiger partial charge in [0, 0.05) is 60.3 Å². The summed E-state index contributed by atoms with van der Waals surface area (Å²) in [7, 11) is -3.45. The van der Waals surface area contributed by atoms with E-state index >= 15 is 0 Å². The Morgan fingerprint density at radius 2 is 1.82 bits per heavy atom. The van der Waals surface area contributed by atoms with Gasteiger partial charge in [0.25, 0.3) is 10.2 Å². The fourth-order valence-corrected chi connectivity index (χ4v) is 6.25. The minimum absolute atomic E-state index is 0.131. The highest BCUT2D eigenvalue weighted by molar-refractivity contribution is 7.86. The zero-order valence-corrected chi connectivity index (χ0v) is 18.4. The van der Waals surface area contributed by atoms with E-state index in [0.717, 1.165) is 15.0 Å². The molecule has 6 nitrogen and oxygen atoms in total. The quantitative estimate of drug-likeness (QED) is 0.646. The van der Waals surface area contributed by atoms with Gasteiger partial charge in [-0.2, -0.15) is 17.0 Å². The Bertz CT molecular complexity index is 975. The molecule has 1 aromatic carbocycles. The van der Waals surface area contributed by atoms with Crippen LogP contribution < -0.4 is 0 Å². The standard InChI is InChI=1S/C19H24ClN3O3S2/c1-3-22(4-2)28(25,26)23-13-11-21(12-14-23)18(24)10-9-17-19(20)15-7-5-6-8-16(15)27-17/h5-10H,3-4,11-14H2,1-2H3. The lowest BCUT2D eigenvalue weighted by Crippen LogP contribution is -2.53. The van der Waals surface area contributed by atoms with E-state index in [2.05, 4.69) is 0 Å². The Kier molecular flexibility index (Phi) is 6.77. The molecule has 1 aliphatic heterocycles. The summed E-state index contributed by atoms with van der Waals surface area (Å²) in [6, 6.07) is 7.86. The number of carbonyl (C=O) groups excluding carboxylic acids is 1. The lowest BCUT2D eigenvalue weighted by Gasteiger charge is -2.35. The lowest BCUT2D eigenvalue weighted by molar-refractivity contribution is -0.127. The number of piperazine rings is 1. The molecule has 1 saturated heterocycles. The molecular weight excluding hydrogens is 418 g/mol. The van der Waals surface area contributed by atoms with Gasteiger partial charge in [-0.25, -0.2) is 0 Å². The van der Waals surface area contributed by atoms with Crippen molar-refractivity contribution in [1.82, 2.24) is 13.5 Å². The highest BCUT2D eigenvalue weighted by Crippen LogP contribution is 2.35. The molecule has 1 amide bonds. The van der Waals surface area contributed by atoms with Crippen LogP contribution in [0.3, 0.4) is 0 Å². The number of fused-ring (bicyclic) bond motifs is 1. The summed E-state index contributed by atoms with van der Waals surface area (Å²) in [4.78, 5) is 15.0. The Balaban J connectivity index is 1.64. The van der Waals surface area contributed by atoms with E-state index in [1.807, 2.05) is 38.1 Å². The van der Waals surface area contributed by atoms with Gasteiger partial charge >= 0.3 is 0 Å². The fraction of sp³-hybridized carbons (Fsp3) is 0.421. The first-order valence-electron chi connectivity index (χ1n) is 9.27. The lowest BCUT2D eigenvalue weighted by atomic mass is 10.2. The molecule has 3 rings (SSSR count). The van der Waals surface area contributed by atoms with Crippen LogP contribution in [0.2, 0.25) is 5.02 Å². The van der Waals surface area contributed by atoms with Crippen molar-refractivity contribution in [2.75, 3.05) is 39.3 Å². The monoisotopic (exact) mass is 441 g/mol. The zero-order valence-electron chi connectivity index (χ0n) is 16.0. The van der Waals surface area contributed by atoms with Gasteiger partial charge < -0.3 is 4.90 Å². The molecular formula is C19H24ClN3O3S2. The molecule has 9 heteroatoms. The number of benzene rings is 1. The Morgan fingerprint density at radius 3 is 2.43 bits per heavy atom. The summed E-state index contributed by atoms with van der Waals surface area (Å²) < 4.78 is 29.1. The maximum Gasteiger partial charge on any atom is 0.282 e. The van der Waals surface area contributed by atoms with E-state index < -0.39 is 10.2 Å². The molecule has 0 radical (unpaired) electrons. The van der Waals surface area contributed by atoms with E-state index in [9.17, 15) is 13.2 Å². The Hall–Kier alpha value is -1.45. The molecule has 0 atom stereocenters. The largest absolute Gasteiger partial charge is 0.337 e. The third-order valence-electron chi connectivity index (χ3n) is 4.85. The van der Waals surface area contributed by atoms with Crippen molar-refractivity contribution >= 4 is 55.2 Å². The Morgan fingerprint density at radius 1 is 1.18 bits per heavy atom. The maximum absolute atomic E-state index is 12.6. The van der Waals surface area contributed by atoms with Crippen LogP contribution in [-0.4, -0.2) is 67.1 Å². The minimum Gasteiger partial charge on any atom is -0.337 e. The first-order valence-corrected chi connectivity index (χ1v) is 11.9. The molecule has 1 fully saturated rings. The van der Waals surface area contributed by atoms with Crippen molar-refractivity contribution in [1.29, 1.82) is 0 Å². The van der Waals surface area contributed by atoms with Gasteiger partial charge in [0.1, 0.15) is 0 Å². The number of nitrogens with zero attached hydrogens (tertiary/aromatic N) is 3.